The summed E-state index contributed by atoms with van der Waals surface area (Å²) in [6, 6.07) is 8.05. The predicted octanol–water partition coefficient (Wildman–Crippen LogP) is 9.54. The normalized spacial score (nSPS) is 12.4. The first kappa shape index (κ1) is 25.1. The molecule has 0 saturated carbocycles. The number of benzene rings is 1. The highest BCUT2D eigenvalue weighted by atomic mass is 16.3. The van der Waals surface area contributed by atoms with Crippen LogP contribution in [0.15, 0.2) is 24.3 Å². The van der Waals surface area contributed by atoms with E-state index in [1.807, 2.05) is 12.1 Å². The minimum atomic E-state index is 0.506. The predicted molar refractivity (Wildman–Crippen MR) is 125 cm³/mol. The van der Waals surface area contributed by atoms with Crippen LogP contribution >= 0.6 is 0 Å². The minimum Gasteiger partial charge on any atom is -0.508 e. The molecule has 28 heavy (non-hydrogen) atoms. The number of rotatable bonds is 19. The summed E-state index contributed by atoms with van der Waals surface area (Å²) >= 11 is 0. The summed E-state index contributed by atoms with van der Waals surface area (Å²) in [5, 5.41) is 10.3. The van der Waals surface area contributed by atoms with Crippen molar-refractivity contribution < 1.29 is 5.11 Å². The van der Waals surface area contributed by atoms with Gasteiger partial charge in [0, 0.05) is 0 Å². The van der Waals surface area contributed by atoms with Crippen LogP contribution in [0.5, 0.6) is 5.75 Å². The second-order valence-electron chi connectivity index (χ2n) is 8.78. The smallest absolute Gasteiger partial charge is 0.119 e. The van der Waals surface area contributed by atoms with Gasteiger partial charge in [0.1, 0.15) is 5.75 Å². The molecule has 0 aliphatic carbocycles. The van der Waals surface area contributed by atoms with Gasteiger partial charge in [-0.05, 0) is 30.4 Å². The van der Waals surface area contributed by atoms with E-state index in [1.54, 1.807) is 0 Å². The van der Waals surface area contributed by atoms with Crippen molar-refractivity contribution in [3.63, 3.8) is 0 Å². The van der Waals surface area contributed by atoms with E-state index in [-0.39, 0.29) is 0 Å². The Morgan fingerprint density at radius 3 is 1.39 bits per heavy atom. The fourth-order valence-corrected chi connectivity index (χ4v) is 4.34. The molecule has 1 heteroatoms. The number of phenols is 1. The molecule has 1 atom stereocenters. The van der Waals surface area contributed by atoms with Gasteiger partial charge in [0.2, 0.25) is 0 Å². The zero-order chi connectivity index (χ0) is 20.3. The van der Waals surface area contributed by atoms with Gasteiger partial charge < -0.3 is 5.11 Å². The first-order valence-corrected chi connectivity index (χ1v) is 12.6. The van der Waals surface area contributed by atoms with Gasteiger partial charge in [-0.15, -0.1) is 0 Å². The van der Waals surface area contributed by atoms with Gasteiger partial charge in [-0.2, -0.15) is 0 Å². The van der Waals surface area contributed by atoms with Gasteiger partial charge >= 0.3 is 0 Å². The average Bonchev–Trinajstić information content (AvgIpc) is 2.71. The van der Waals surface area contributed by atoms with Crippen molar-refractivity contribution in [2.45, 2.75) is 135 Å². The largest absolute Gasteiger partial charge is 0.508 e. The Labute approximate surface area is 176 Å². The Morgan fingerprint density at radius 2 is 0.964 bits per heavy atom. The highest BCUT2D eigenvalue weighted by Crippen LogP contribution is 2.34. The van der Waals surface area contributed by atoms with Crippen molar-refractivity contribution in [2.24, 2.45) is 0 Å². The first-order valence-electron chi connectivity index (χ1n) is 12.6. The van der Waals surface area contributed by atoms with Gasteiger partial charge in [0.15, 0.2) is 0 Å². The summed E-state index contributed by atoms with van der Waals surface area (Å²) in [5.41, 5.74) is 1.19. The van der Waals surface area contributed by atoms with Crippen LogP contribution in [-0.4, -0.2) is 5.11 Å². The lowest BCUT2D eigenvalue weighted by Gasteiger charge is -2.18. The molecule has 1 N–H and O–H groups in total. The van der Waals surface area contributed by atoms with E-state index in [9.17, 15) is 5.11 Å². The van der Waals surface area contributed by atoms with Gasteiger partial charge in [-0.1, -0.05) is 135 Å². The van der Waals surface area contributed by atoms with Crippen molar-refractivity contribution in [3.05, 3.63) is 29.8 Å². The van der Waals surface area contributed by atoms with Crippen LogP contribution in [0.4, 0.5) is 0 Å². The first-order chi connectivity index (χ1) is 13.8. The second-order valence-corrected chi connectivity index (χ2v) is 8.78. The maximum Gasteiger partial charge on any atom is 0.119 e. The number of phenolic OH excluding ortho intramolecular Hbond substituents is 1. The molecule has 0 saturated heterocycles. The van der Waals surface area contributed by atoms with Crippen molar-refractivity contribution in [1.29, 1.82) is 0 Å². The number of aromatic hydroxyl groups is 1. The molecule has 162 valence electrons. The summed E-state index contributed by atoms with van der Waals surface area (Å²) in [6.07, 6.45) is 24.5. The molecule has 1 rings (SSSR count). The maximum absolute atomic E-state index is 10.3. The summed E-state index contributed by atoms with van der Waals surface area (Å²) in [5.74, 6) is 1.05. The molecule has 0 bridgehead atoms. The molecule has 1 aromatic rings. The van der Waals surface area contributed by atoms with Crippen LogP contribution in [0.2, 0.25) is 0 Å². The molecule has 1 unspecified atom stereocenters. The molecule has 0 amide bonds. The van der Waals surface area contributed by atoms with Crippen LogP contribution in [0.25, 0.3) is 0 Å². The zero-order valence-electron chi connectivity index (χ0n) is 19.1. The Balaban J connectivity index is 2.26. The van der Waals surface area contributed by atoms with E-state index in [0.29, 0.717) is 11.7 Å². The SMILES string of the molecule is CCCCCCCCCCCC(CCCCCCCCC)c1ccccc1O. The van der Waals surface area contributed by atoms with Gasteiger partial charge in [-0.3, -0.25) is 0 Å². The van der Waals surface area contributed by atoms with Crippen LogP contribution in [0.3, 0.4) is 0 Å². The number of unbranched alkanes of at least 4 members (excludes halogenated alkanes) is 14. The van der Waals surface area contributed by atoms with E-state index in [2.05, 4.69) is 26.0 Å². The molecule has 1 nitrogen and oxygen atoms in total. The summed E-state index contributed by atoms with van der Waals surface area (Å²) in [4.78, 5) is 0. The molecule has 0 fully saturated rings. The topological polar surface area (TPSA) is 20.2 Å². The summed E-state index contributed by atoms with van der Waals surface area (Å²) < 4.78 is 0. The van der Waals surface area contributed by atoms with E-state index < -0.39 is 0 Å². The molecule has 1 aromatic carbocycles. The Bertz CT molecular complexity index is 453. The minimum absolute atomic E-state index is 0.506. The fraction of sp³-hybridized carbons (Fsp3) is 0.778. The zero-order valence-corrected chi connectivity index (χ0v) is 19.1. The molecular formula is C27H48O. The van der Waals surface area contributed by atoms with Crippen LogP contribution in [0.1, 0.15) is 141 Å². The second kappa shape index (κ2) is 18.1. The van der Waals surface area contributed by atoms with E-state index in [4.69, 9.17) is 0 Å². The molecule has 0 aliphatic heterocycles. The summed E-state index contributed by atoms with van der Waals surface area (Å²) in [7, 11) is 0. The lowest BCUT2D eigenvalue weighted by molar-refractivity contribution is 0.437. The monoisotopic (exact) mass is 388 g/mol. The Hall–Kier alpha value is -0.980. The fourth-order valence-electron chi connectivity index (χ4n) is 4.34. The third-order valence-corrected chi connectivity index (χ3v) is 6.19. The molecule has 0 aromatic heterocycles. The Kier molecular flexibility index (Phi) is 16.2. The van der Waals surface area contributed by atoms with E-state index in [1.165, 1.54) is 121 Å². The van der Waals surface area contributed by atoms with Crippen molar-refractivity contribution in [3.8, 4) is 5.75 Å². The number of hydrogen-bond acceptors (Lipinski definition) is 1. The molecule has 0 radical (unpaired) electrons. The molecule has 0 heterocycles. The van der Waals surface area contributed by atoms with Gasteiger partial charge in [0.25, 0.3) is 0 Å². The average molecular weight is 389 g/mol. The van der Waals surface area contributed by atoms with Crippen LogP contribution in [0, 0.1) is 0 Å². The third kappa shape index (κ3) is 12.5. The standard InChI is InChI=1S/C27H48O/c1-3-5-7-9-11-12-14-16-18-22-25(26-23-19-20-24-27(26)28)21-17-15-13-10-8-6-4-2/h19-20,23-25,28H,3-18,21-22H2,1-2H3. The number of hydrogen-bond donors (Lipinski definition) is 1. The van der Waals surface area contributed by atoms with Gasteiger partial charge in [0.05, 0.1) is 0 Å². The van der Waals surface area contributed by atoms with Crippen molar-refractivity contribution in [2.75, 3.05) is 0 Å². The lowest BCUT2D eigenvalue weighted by Crippen LogP contribution is -2.00. The quantitative estimate of drug-likeness (QED) is 0.234. The number of para-hydroxylation sites is 1. The maximum atomic E-state index is 10.3. The van der Waals surface area contributed by atoms with Crippen molar-refractivity contribution in [1.82, 2.24) is 0 Å². The summed E-state index contributed by atoms with van der Waals surface area (Å²) in [6.45, 7) is 4.57. The highest BCUT2D eigenvalue weighted by molar-refractivity contribution is 5.34. The highest BCUT2D eigenvalue weighted by Gasteiger charge is 2.14. The van der Waals surface area contributed by atoms with E-state index >= 15 is 0 Å². The van der Waals surface area contributed by atoms with Gasteiger partial charge in [-0.25, -0.2) is 0 Å². The molecule has 0 aliphatic rings. The molecule has 0 spiro atoms. The van der Waals surface area contributed by atoms with Crippen LogP contribution in [-0.2, 0) is 0 Å². The van der Waals surface area contributed by atoms with E-state index in [0.717, 1.165) is 0 Å². The lowest BCUT2D eigenvalue weighted by atomic mass is 9.87. The van der Waals surface area contributed by atoms with Crippen LogP contribution < -0.4 is 0 Å². The molecular weight excluding hydrogens is 340 g/mol. The van der Waals surface area contributed by atoms with Crippen molar-refractivity contribution >= 4 is 0 Å². The Morgan fingerprint density at radius 1 is 0.571 bits per heavy atom. The third-order valence-electron chi connectivity index (χ3n) is 6.19.